The minimum absolute atomic E-state index is 0.0403. The zero-order valence-electron chi connectivity index (χ0n) is 8.19. The lowest BCUT2D eigenvalue weighted by Gasteiger charge is -2.10. The molecule has 0 fully saturated rings. The van der Waals surface area contributed by atoms with Gasteiger partial charge in [0.05, 0.1) is 16.0 Å². The van der Waals surface area contributed by atoms with Gasteiger partial charge in [0.25, 0.3) is 10.0 Å². The maximum Gasteiger partial charge on any atom is 0.271 e. The van der Waals surface area contributed by atoms with E-state index in [2.05, 4.69) is 26.8 Å². The van der Waals surface area contributed by atoms with Gasteiger partial charge in [-0.1, -0.05) is 17.3 Å². The molecule has 0 aromatic carbocycles. The van der Waals surface area contributed by atoms with Crippen LogP contribution in [0.1, 0.15) is 5.69 Å². The van der Waals surface area contributed by atoms with Gasteiger partial charge in [0.2, 0.25) is 4.34 Å². The van der Waals surface area contributed by atoms with Crippen molar-refractivity contribution in [2.24, 2.45) is 0 Å². The van der Waals surface area contributed by atoms with Gasteiger partial charge in [-0.25, -0.2) is 13.4 Å². The van der Waals surface area contributed by atoms with Gasteiger partial charge >= 0.3 is 0 Å². The van der Waals surface area contributed by atoms with Crippen LogP contribution in [0, 0.1) is 19.3 Å². The van der Waals surface area contributed by atoms with Gasteiger partial charge in [-0.05, 0) is 22.9 Å². The Kier molecular flexibility index (Phi) is 3.89. The van der Waals surface area contributed by atoms with E-state index in [0.717, 1.165) is 19.4 Å². The summed E-state index contributed by atoms with van der Waals surface area (Å²) in [7, 11) is -2.10. The van der Waals surface area contributed by atoms with E-state index in [4.69, 9.17) is 6.42 Å². The predicted molar refractivity (Wildman–Crippen MR) is 63.2 cm³/mol. The van der Waals surface area contributed by atoms with Crippen LogP contribution in [0.25, 0.3) is 0 Å². The molecule has 15 heavy (non-hydrogen) atoms. The van der Waals surface area contributed by atoms with Gasteiger partial charge in [0.1, 0.15) is 0 Å². The highest BCUT2D eigenvalue weighted by Gasteiger charge is 2.24. The molecule has 0 saturated heterocycles. The average molecular weight is 309 g/mol. The van der Waals surface area contributed by atoms with E-state index in [1.807, 2.05) is 0 Å². The second-order valence-corrected chi connectivity index (χ2v) is 7.34. The smallest absolute Gasteiger partial charge is 0.228 e. The number of nitrogens with zero attached hydrogens (tertiary/aromatic N) is 2. The lowest BCUT2D eigenvalue weighted by Crippen LogP contribution is -2.27. The Hall–Kier alpha value is -0.420. The summed E-state index contributed by atoms with van der Waals surface area (Å²) in [5.41, 5.74) is 0.660. The number of terminal acetylenes is 1. The average Bonchev–Trinajstić information content (AvgIpc) is 2.48. The summed E-state index contributed by atoms with van der Waals surface area (Å²) in [5, 5.41) is 0. The Bertz CT molecular complexity index is 482. The number of halogens is 1. The van der Waals surface area contributed by atoms with E-state index in [1.54, 1.807) is 6.92 Å². The Labute approximate surface area is 102 Å². The fourth-order valence-corrected chi connectivity index (χ4v) is 4.03. The van der Waals surface area contributed by atoms with Gasteiger partial charge in [0, 0.05) is 7.05 Å². The van der Waals surface area contributed by atoms with Crippen molar-refractivity contribution in [1.82, 2.24) is 9.29 Å². The number of aryl methyl sites for hydroxylation is 1. The largest absolute Gasteiger partial charge is 0.271 e. The number of hydrogen-bond acceptors (Lipinski definition) is 4. The first kappa shape index (κ1) is 12.6. The first-order valence-electron chi connectivity index (χ1n) is 3.92. The predicted octanol–water partition coefficient (Wildman–Crippen LogP) is 1.47. The van der Waals surface area contributed by atoms with Crippen LogP contribution in [0.4, 0.5) is 0 Å². The third kappa shape index (κ3) is 2.58. The Balaban J connectivity index is 3.13. The summed E-state index contributed by atoms with van der Waals surface area (Å²) in [4.78, 5) is 3.96. The molecule has 0 N–H and O–H groups in total. The number of sulfonamides is 1. The number of rotatable bonds is 3. The molecule has 82 valence electrons. The molecule has 0 aliphatic heterocycles. The summed E-state index contributed by atoms with van der Waals surface area (Å²) in [6, 6.07) is 0. The normalized spacial score (nSPS) is 11.7. The zero-order valence-corrected chi connectivity index (χ0v) is 11.4. The minimum Gasteiger partial charge on any atom is -0.228 e. The third-order valence-electron chi connectivity index (χ3n) is 1.67. The topological polar surface area (TPSA) is 50.3 Å². The van der Waals surface area contributed by atoms with Gasteiger partial charge < -0.3 is 0 Å². The second kappa shape index (κ2) is 4.61. The molecule has 0 spiro atoms. The molecule has 0 bridgehead atoms. The molecule has 1 heterocycles. The van der Waals surface area contributed by atoms with Crippen molar-refractivity contribution in [2.75, 3.05) is 13.6 Å². The van der Waals surface area contributed by atoms with Crippen LogP contribution < -0.4 is 0 Å². The fourth-order valence-electron chi connectivity index (χ4n) is 0.811. The summed E-state index contributed by atoms with van der Waals surface area (Å²) >= 11 is 4.31. The Morgan fingerprint density at radius 2 is 2.27 bits per heavy atom. The van der Waals surface area contributed by atoms with E-state index >= 15 is 0 Å². The highest BCUT2D eigenvalue weighted by atomic mass is 79.9. The minimum atomic E-state index is -3.53. The lowest BCUT2D eigenvalue weighted by atomic mass is 10.6. The van der Waals surface area contributed by atoms with E-state index in [1.165, 1.54) is 7.05 Å². The SMILES string of the molecule is C#CCN(C)S(=O)(=O)c1nc(C)c(Br)s1. The van der Waals surface area contributed by atoms with Gasteiger partial charge in [0.15, 0.2) is 0 Å². The van der Waals surface area contributed by atoms with Crippen LogP contribution in [0.2, 0.25) is 0 Å². The standard InChI is InChI=1S/C8H9BrN2O2S2/c1-4-5-11(3)15(12,13)8-10-6(2)7(9)14-8/h1H,5H2,2-3H3. The van der Waals surface area contributed by atoms with Crippen molar-refractivity contribution >= 4 is 37.3 Å². The molecule has 0 unspecified atom stereocenters. The maximum atomic E-state index is 11.8. The molecule has 7 heteroatoms. The van der Waals surface area contributed by atoms with Crippen LogP contribution in [-0.4, -0.2) is 31.3 Å². The van der Waals surface area contributed by atoms with Crippen LogP contribution in [0.5, 0.6) is 0 Å². The zero-order chi connectivity index (χ0) is 11.6. The third-order valence-corrected chi connectivity index (χ3v) is 5.83. The molecule has 0 radical (unpaired) electrons. The molecule has 0 saturated carbocycles. The molecule has 0 amide bonds. The summed E-state index contributed by atoms with van der Waals surface area (Å²) in [5.74, 6) is 2.28. The van der Waals surface area contributed by atoms with Crippen molar-refractivity contribution in [3.63, 3.8) is 0 Å². The molecular formula is C8H9BrN2O2S2. The molecule has 1 aromatic rings. The van der Waals surface area contributed by atoms with Gasteiger partial charge in [-0.15, -0.1) is 6.42 Å². The molecule has 1 aromatic heterocycles. The van der Waals surface area contributed by atoms with E-state index in [-0.39, 0.29) is 10.9 Å². The van der Waals surface area contributed by atoms with Crippen molar-refractivity contribution in [3.8, 4) is 12.3 Å². The molecule has 0 aliphatic carbocycles. The monoisotopic (exact) mass is 308 g/mol. The lowest BCUT2D eigenvalue weighted by molar-refractivity contribution is 0.502. The number of hydrogen-bond donors (Lipinski definition) is 0. The van der Waals surface area contributed by atoms with Crippen LogP contribution in [0.3, 0.4) is 0 Å². The fraction of sp³-hybridized carbons (Fsp3) is 0.375. The van der Waals surface area contributed by atoms with Crippen molar-refractivity contribution < 1.29 is 8.42 Å². The van der Waals surface area contributed by atoms with Crippen LogP contribution in [-0.2, 0) is 10.0 Å². The van der Waals surface area contributed by atoms with Crippen LogP contribution >= 0.6 is 27.3 Å². The highest BCUT2D eigenvalue weighted by molar-refractivity contribution is 9.11. The van der Waals surface area contributed by atoms with Crippen molar-refractivity contribution in [3.05, 3.63) is 9.48 Å². The van der Waals surface area contributed by atoms with E-state index in [0.29, 0.717) is 5.69 Å². The highest BCUT2D eigenvalue weighted by Crippen LogP contribution is 2.28. The second-order valence-electron chi connectivity index (χ2n) is 2.80. The van der Waals surface area contributed by atoms with E-state index < -0.39 is 10.0 Å². The summed E-state index contributed by atoms with van der Waals surface area (Å²) < 4.78 is 25.6. The van der Waals surface area contributed by atoms with E-state index in [9.17, 15) is 8.42 Å². The Morgan fingerprint density at radius 3 is 2.67 bits per heavy atom. The summed E-state index contributed by atoms with van der Waals surface area (Å²) in [6.07, 6.45) is 5.06. The van der Waals surface area contributed by atoms with Crippen molar-refractivity contribution in [1.29, 1.82) is 0 Å². The molecule has 1 rings (SSSR count). The first-order valence-corrected chi connectivity index (χ1v) is 6.97. The number of thiazole rings is 1. The summed E-state index contributed by atoms with van der Waals surface area (Å²) in [6.45, 7) is 1.78. The molecule has 0 atom stereocenters. The van der Waals surface area contributed by atoms with Crippen LogP contribution in [0.15, 0.2) is 8.13 Å². The molecule has 0 aliphatic rings. The molecule has 4 nitrogen and oxygen atoms in total. The number of aromatic nitrogens is 1. The van der Waals surface area contributed by atoms with Crippen molar-refractivity contribution in [2.45, 2.75) is 11.3 Å². The Morgan fingerprint density at radius 1 is 1.67 bits per heavy atom. The molecular weight excluding hydrogens is 300 g/mol. The quantitative estimate of drug-likeness (QED) is 0.795. The maximum absolute atomic E-state index is 11.8. The first-order chi connectivity index (χ1) is 6.89. The van der Waals surface area contributed by atoms with Gasteiger partial charge in [-0.2, -0.15) is 4.31 Å². The van der Waals surface area contributed by atoms with Gasteiger partial charge in [-0.3, -0.25) is 0 Å².